The Morgan fingerprint density at radius 1 is 1.33 bits per heavy atom. The Hall–Kier alpha value is -2.21. The molecule has 1 aromatic carbocycles. The molecule has 1 aromatic heterocycles. The van der Waals surface area contributed by atoms with Crippen molar-refractivity contribution in [3.05, 3.63) is 52.6 Å². The first-order valence-corrected chi connectivity index (χ1v) is 8.19. The highest BCUT2D eigenvalue weighted by molar-refractivity contribution is 5.83. The van der Waals surface area contributed by atoms with Crippen LogP contribution in [0.2, 0.25) is 0 Å². The molecule has 0 saturated carbocycles. The van der Waals surface area contributed by atoms with E-state index in [1.54, 1.807) is 24.1 Å². The van der Waals surface area contributed by atoms with E-state index >= 15 is 0 Å². The molecule has 1 aliphatic rings. The number of H-pyrrole nitrogens is 1. The van der Waals surface area contributed by atoms with Crippen LogP contribution in [0.15, 0.2) is 24.3 Å². The lowest BCUT2D eigenvalue weighted by atomic mass is 10.0. The van der Waals surface area contributed by atoms with Crippen LogP contribution >= 0.6 is 0 Å². The fourth-order valence-corrected chi connectivity index (χ4v) is 3.37. The molecule has 0 saturated heterocycles. The van der Waals surface area contributed by atoms with Gasteiger partial charge in [-0.1, -0.05) is 12.1 Å². The predicted octanol–water partition coefficient (Wildman–Crippen LogP) is 2.30. The maximum atomic E-state index is 13.6. The van der Waals surface area contributed by atoms with E-state index in [2.05, 4.69) is 10.2 Å². The molecule has 0 fully saturated rings. The summed E-state index contributed by atoms with van der Waals surface area (Å²) in [7, 11) is 5.43. The molecule has 1 aliphatic carbocycles. The SMILES string of the molecule is CN(Cc1n[nH]c2c1CCC2)C(=O)[C@@H](c1cccc(F)c1)N(C)C. The number of rotatable bonds is 5. The maximum Gasteiger partial charge on any atom is 0.244 e. The molecule has 1 amide bonds. The zero-order chi connectivity index (χ0) is 17.3. The fourth-order valence-electron chi connectivity index (χ4n) is 3.37. The largest absolute Gasteiger partial charge is 0.338 e. The summed E-state index contributed by atoms with van der Waals surface area (Å²) in [6.45, 7) is 0.463. The minimum atomic E-state index is -0.516. The fraction of sp³-hybridized carbons (Fsp3) is 0.444. The first kappa shape index (κ1) is 16.6. The monoisotopic (exact) mass is 330 g/mol. The first-order chi connectivity index (χ1) is 11.5. The highest BCUT2D eigenvalue weighted by Gasteiger charge is 2.28. The second-order valence-electron chi connectivity index (χ2n) is 6.60. The molecule has 0 bridgehead atoms. The molecule has 1 N–H and O–H groups in total. The van der Waals surface area contributed by atoms with Gasteiger partial charge in [0.15, 0.2) is 0 Å². The minimum Gasteiger partial charge on any atom is -0.338 e. The van der Waals surface area contributed by atoms with Crippen molar-refractivity contribution < 1.29 is 9.18 Å². The standard InChI is InChI=1S/C18H23FN4O/c1-22(2)17(12-6-4-7-13(19)10-12)18(24)23(3)11-16-14-8-5-9-15(14)20-21-16/h4,6-7,10,17H,5,8-9,11H2,1-3H3,(H,20,21)/t17-/m1/s1. The van der Waals surface area contributed by atoms with Gasteiger partial charge in [-0.3, -0.25) is 14.8 Å². The Balaban J connectivity index is 1.79. The third-order valence-electron chi connectivity index (χ3n) is 4.57. The van der Waals surface area contributed by atoms with Gasteiger partial charge in [-0.2, -0.15) is 5.10 Å². The van der Waals surface area contributed by atoms with E-state index in [0.717, 1.165) is 25.0 Å². The van der Waals surface area contributed by atoms with Gasteiger partial charge in [0.1, 0.15) is 11.9 Å². The number of fused-ring (bicyclic) bond motifs is 1. The van der Waals surface area contributed by atoms with Crippen LogP contribution in [0.1, 0.15) is 35.0 Å². The molecule has 6 heteroatoms. The molecular weight excluding hydrogens is 307 g/mol. The number of likely N-dealkylation sites (N-methyl/N-ethyl adjacent to an activating group) is 2. The Bertz CT molecular complexity index is 740. The van der Waals surface area contributed by atoms with Crippen molar-refractivity contribution in [1.29, 1.82) is 0 Å². The van der Waals surface area contributed by atoms with Crippen molar-refractivity contribution in [3.8, 4) is 0 Å². The Labute approximate surface area is 141 Å². The zero-order valence-electron chi connectivity index (χ0n) is 14.3. The summed E-state index contributed by atoms with van der Waals surface area (Å²) in [5.74, 6) is -0.403. The molecule has 128 valence electrons. The number of aromatic amines is 1. The number of hydrogen-bond donors (Lipinski definition) is 1. The molecule has 24 heavy (non-hydrogen) atoms. The summed E-state index contributed by atoms with van der Waals surface area (Å²) in [5, 5.41) is 7.43. The molecule has 0 radical (unpaired) electrons. The van der Waals surface area contributed by atoms with Crippen LogP contribution in [0.4, 0.5) is 4.39 Å². The molecule has 2 aromatic rings. The lowest BCUT2D eigenvalue weighted by Crippen LogP contribution is -2.38. The van der Waals surface area contributed by atoms with E-state index in [9.17, 15) is 9.18 Å². The smallest absolute Gasteiger partial charge is 0.244 e. The summed E-state index contributed by atoms with van der Waals surface area (Å²) in [5.41, 5.74) is 4.04. The molecular formula is C18H23FN4O. The van der Waals surface area contributed by atoms with Crippen LogP contribution in [0.25, 0.3) is 0 Å². The Morgan fingerprint density at radius 3 is 2.83 bits per heavy atom. The molecule has 1 atom stereocenters. The van der Waals surface area contributed by atoms with Crippen molar-refractivity contribution in [2.24, 2.45) is 0 Å². The molecule has 3 rings (SSSR count). The summed E-state index contributed by atoms with van der Waals surface area (Å²) in [4.78, 5) is 16.4. The van der Waals surface area contributed by atoms with Crippen molar-refractivity contribution >= 4 is 5.91 Å². The maximum absolute atomic E-state index is 13.6. The average Bonchev–Trinajstić information content (AvgIpc) is 3.12. The van der Waals surface area contributed by atoms with Crippen molar-refractivity contribution in [3.63, 3.8) is 0 Å². The third-order valence-corrected chi connectivity index (χ3v) is 4.57. The van der Waals surface area contributed by atoms with Gasteiger partial charge >= 0.3 is 0 Å². The number of carbonyl (C=O) groups excluding carboxylic acids is 1. The Kier molecular flexibility index (Phi) is 4.66. The van der Waals surface area contributed by atoms with Crippen molar-refractivity contribution in [1.82, 2.24) is 20.0 Å². The Morgan fingerprint density at radius 2 is 2.12 bits per heavy atom. The molecule has 1 heterocycles. The second kappa shape index (κ2) is 6.73. The van der Waals surface area contributed by atoms with Crippen LogP contribution < -0.4 is 0 Å². The topological polar surface area (TPSA) is 52.2 Å². The number of amides is 1. The molecule has 0 spiro atoms. The predicted molar refractivity (Wildman–Crippen MR) is 89.9 cm³/mol. The van der Waals surface area contributed by atoms with Crippen LogP contribution in [-0.4, -0.2) is 47.0 Å². The van der Waals surface area contributed by atoms with Crippen molar-refractivity contribution in [2.75, 3.05) is 21.1 Å². The lowest BCUT2D eigenvalue weighted by molar-refractivity contribution is -0.135. The van der Waals surface area contributed by atoms with Gasteiger partial charge < -0.3 is 4.90 Å². The van der Waals surface area contributed by atoms with Crippen LogP contribution in [0.3, 0.4) is 0 Å². The third kappa shape index (κ3) is 3.19. The number of carbonyl (C=O) groups is 1. The number of nitrogens with one attached hydrogen (secondary N) is 1. The van der Waals surface area contributed by atoms with E-state index in [1.165, 1.54) is 23.4 Å². The molecule has 0 unspecified atom stereocenters. The normalized spacial score (nSPS) is 14.7. The van der Waals surface area contributed by atoms with Crippen LogP contribution in [0.5, 0.6) is 0 Å². The van der Waals surface area contributed by atoms with E-state index in [4.69, 9.17) is 0 Å². The number of aromatic nitrogens is 2. The highest BCUT2D eigenvalue weighted by atomic mass is 19.1. The van der Waals surface area contributed by atoms with Crippen molar-refractivity contribution in [2.45, 2.75) is 31.8 Å². The van der Waals surface area contributed by atoms with Gasteiger partial charge in [0.25, 0.3) is 0 Å². The minimum absolute atomic E-state index is 0.0691. The highest BCUT2D eigenvalue weighted by Crippen LogP contribution is 2.25. The number of hydrogen-bond acceptors (Lipinski definition) is 3. The lowest BCUT2D eigenvalue weighted by Gasteiger charge is -2.28. The van der Waals surface area contributed by atoms with E-state index in [1.807, 2.05) is 19.0 Å². The zero-order valence-corrected chi connectivity index (χ0v) is 14.3. The second-order valence-corrected chi connectivity index (χ2v) is 6.60. The average molecular weight is 330 g/mol. The van der Waals surface area contributed by atoms with Gasteiger partial charge in [-0.05, 0) is 56.6 Å². The number of aryl methyl sites for hydroxylation is 1. The molecule has 0 aliphatic heterocycles. The molecule has 5 nitrogen and oxygen atoms in total. The summed E-state index contributed by atoms with van der Waals surface area (Å²) >= 11 is 0. The van der Waals surface area contributed by atoms with Crippen LogP contribution in [-0.2, 0) is 24.2 Å². The quantitative estimate of drug-likeness (QED) is 0.915. The van der Waals surface area contributed by atoms with Gasteiger partial charge in [0, 0.05) is 12.7 Å². The summed E-state index contributed by atoms with van der Waals surface area (Å²) < 4.78 is 13.6. The summed E-state index contributed by atoms with van der Waals surface area (Å²) in [6.07, 6.45) is 3.19. The van der Waals surface area contributed by atoms with Gasteiger partial charge in [-0.15, -0.1) is 0 Å². The van der Waals surface area contributed by atoms with E-state index in [-0.39, 0.29) is 11.7 Å². The van der Waals surface area contributed by atoms with E-state index in [0.29, 0.717) is 12.1 Å². The van der Waals surface area contributed by atoms with Gasteiger partial charge in [0.05, 0.1) is 12.2 Å². The summed E-state index contributed by atoms with van der Waals surface area (Å²) in [6, 6.07) is 5.71. The number of benzene rings is 1. The first-order valence-electron chi connectivity index (χ1n) is 8.19. The number of halogens is 1. The van der Waals surface area contributed by atoms with Gasteiger partial charge in [-0.25, -0.2) is 4.39 Å². The van der Waals surface area contributed by atoms with Crippen LogP contribution in [0, 0.1) is 5.82 Å². The van der Waals surface area contributed by atoms with E-state index < -0.39 is 6.04 Å². The van der Waals surface area contributed by atoms with Gasteiger partial charge in [0.2, 0.25) is 5.91 Å². The number of nitrogens with zero attached hydrogens (tertiary/aromatic N) is 3.